The maximum Gasteiger partial charge on any atom is 0.152 e. The summed E-state index contributed by atoms with van der Waals surface area (Å²) in [6.45, 7) is 3.73. The van der Waals surface area contributed by atoms with Crippen molar-refractivity contribution in [2.45, 2.75) is 26.3 Å². The summed E-state index contributed by atoms with van der Waals surface area (Å²) in [5, 5.41) is 0. The number of hydrogen-bond donors (Lipinski definition) is 1. The highest BCUT2D eigenvalue weighted by atomic mass is 16.1. The van der Waals surface area contributed by atoms with E-state index < -0.39 is 6.04 Å². The third-order valence-corrected chi connectivity index (χ3v) is 2.11. The highest BCUT2D eigenvalue weighted by Gasteiger charge is 2.16. The van der Waals surface area contributed by atoms with E-state index in [1.807, 2.05) is 26.0 Å². The lowest BCUT2D eigenvalue weighted by Gasteiger charge is -2.12. The van der Waals surface area contributed by atoms with E-state index in [0.29, 0.717) is 6.42 Å². The number of carbonyl (C=O) groups is 1. The number of aromatic nitrogens is 1. The molecule has 0 amide bonds. The Morgan fingerprint density at radius 2 is 2.29 bits per heavy atom. The number of ketones is 1. The zero-order valence-electron chi connectivity index (χ0n) is 8.60. The van der Waals surface area contributed by atoms with Crippen LogP contribution >= 0.6 is 0 Å². The van der Waals surface area contributed by atoms with Crippen LogP contribution in [-0.4, -0.2) is 16.8 Å². The van der Waals surface area contributed by atoms with Crippen LogP contribution in [0.1, 0.15) is 19.4 Å². The first-order chi connectivity index (χ1) is 6.61. The average molecular weight is 192 g/mol. The second-order valence-corrected chi connectivity index (χ2v) is 3.73. The predicted octanol–water partition coefficient (Wildman–Crippen LogP) is 1.18. The molecule has 0 saturated carbocycles. The molecule has 0 spiro atoms. The molecular formula is C11H16N2O. The van der Waals surface area contributed by atoms with Gasteiger partial charge < -0.3 is 5.73 Å². The highest BCUT2D eigenvalue weighted by Crippen LogP contribution is 2.04. The number of Topliss-reactive ketones (excluding diaryl/α,β-unsaturated/α-hetero) is 1. The Kier molecular flexibility index (Phi) is 3.77. The van der Waals surface area contributed by atoms with Crippen molar-refractivity contribution in [2.75, 3.05) is 0 Å². The van der Waals surface area contributed by atoms with Gasteiger partial charge in [-0.25, -0.2) is 0 Å². The Labute approximate surface area is 84.3 Å². The molecule has 3 nitrogen and oxygen atoms in total. The zero-order chi connectivity index (χ0) is 10.6. The van der Waals surface area contributed by atoms with Gasteiger partial charge in [0.25, 0.3) is 0 Å². The van der Waals surface area contributed by atoms with Crippen LogP contribution < -0.4 is 5.73 Å². The summed E-state index contributed by atoms with van der Waals surface area (Å²) < 4.78 is 0. The van der Waals surface area contributed by atoms with Gasteiger partial charge in [-0.3, -0.25) is 9.78 Å². The number of hydrogen-bond acceptors (Lipinski definition) is 3. The standard InChI is InChI=1S/C11H16N2O/c1-8(2)11(14)10(12)6-9-4-3-5-13-7-9/h3-5,7-8,10H,6,12H2,1-2H3/t10-/m0/s1. The van der Waals surface area contributed by atoms with E-state index in [9.17, 15) is 4.79 Å². The van der Waals surface area contributed by atoms with Gasteiger partial charge in [0.15, 0.2) is 5.78 Å². The molecule has 0 unspecified atom stereocenters. The maximum atomic E-state index is 11.5. The summed E-state index contributed by atoms with van der Waals surface area (Å²) in [7, 11) is 0. The van der Waals surface area contributed by atoms with E-state index in [1.54, 1.807) is 12.4 Å². The largest absolute Gasteiger partial charge is 0.321 e. The highest BCUT2D eigenvalue weighted by molar-refractivity contribution is 5.85. The molecule has 0 radical (unpaired) electrons. The van der Waals surface area contributed by atoms with E-state index in [0.717, 1.165) is 5.56 Å². The lowest BCUT2D eigenvalue weighted by atomic mass is 9.97. The van der Waals surface area contributed by atoms with Crippen molar-refractivity contribution in [3.8, 4) is 0 Å². The summed E-state index contributed by atoms with van der Waals surface area (Å²) in [5.74, 6) is 0.107. The van der Waals surface area contributed by atoms with E-state index >= 15 is 0 Å². The summed E-state index contributed by atoms with van der Waals surface area (Å²) in [6, 6.07) is 3.38. The third kappa shape index (κ3) is 2.92. The second-order valence-electron chi connectivity index (χ2n) is 3.73. The number of nitrogens with two attached hydrogens (primary N) is 1. The number of nitrogens with zero attached hydrogens (tertiary/aromatic N) is 1. The minimum atomic E-state index is -0.404. The first-order valence-corrected chi connectivity index (χ1v) is 4.79. The van der Waals surface area contributed by atoms with Gasteiger partial charge in [-0.15, -0.1) is 0 Å². The smallest absolute Gasteiger partial charge is 0.152 e. The minimum Gasteiger partial charge on any atom is -0.321 e. The molecule has 0 bridgehead atoms. The molecule has 1 atom stereocenters. The maximum absolute atomic E-state index is 11.5. The fraction of sp³-hybridized carbons (Fsp3) is 0.455. The summed E-state index contributed by atoms with van der Waals surface area (Å²) >= 11 is 0. The van der Waals surface area contributed by atoms with Gasteiger partial charge in [0.1, 0.15) is 0 Å². The van der Waals surface area contributed by atoms with Crippen molar-refractivity contribution < 1.29 is 4.79 Å². The first-order valence-electron chi connectivity index (χ1n) is 4.79. The molecule has 0 aliphatic carbocycles. The van der Waals surface area contributed by atoms with Crippen LogP contribution in [0.25, 0.3) is 0 Å². The molecule has 1 rings (SSSR count). The Balaban J connectivity index is 2.57. The third-order valence-electron chi connectivity index (χ3n) is 2.11. The number of carbonyl (C=O) groups excluding carboxylic acids is 1. The molecule has 0 saturated heterocycles. The van der Waals surface area contributed by atoms with E-state index in [4.69, 9.17) is 5.73 Å². The Hall–Kier alpha value is -1.22. The van der Waals surface area contributed by atoms with E-state index in [2.05, 4.69) is 4.98 Å². The second kappa shape index (κ2) is 4.86. The van der Waals surface area contributed by atoms with Crippen molar-refractivity contribution >= 4 is 5.78 Å². The molecule has 0 aliphatic heterocycles. The van der Waals surface area contributed by atoms with Crippen LogP contribution in [0, 0.1) is 5.92 Å². The fourth-order valence-electron chi connectivity index (χ4n) is 1.30. The van der Waals surface area contributed by atoms with Crippen LogP contribution in [-0.2, 0) is 11.2 Å². The molecule has 0 aliphatic rings. The molecule has 14 heavy (non-hydrogen) atoms. The van der Waals surface area contributed by atoms with Crippen LogP contribution in [0.5, 0.6) is 0 Å². The molecule has 76 valence electrons. The Morgan fingerprint density at radius 1 is 1.57 bits per heavy atom. The van der Waals surface area contributed by atoms with E-state index in [-0.39, 0.29) is 11.7 Å². The molecule has 2 N–H and O–H groups in total. The number of rotatable bonds is 4. The lowest BCUT2D eigenvalue weighted by molar-refractivity contribution is -0.123. The van der Waals surface area contributed by atoms with Gasteiger partial charge in [-0.1, -0.05) is 19.9 Å². The lowest BCUT2D eigenvalue weighted by Crippen LogP contribution is -2.35. The van der Waals surface area contributed by atoms with Crippen molar-refractivity contribution in [1.29, 1.82) is 0 Å². The van der Waals surface area contributed by atoms with Crippen LogP contribution in [0.15, 0.2) is 24.5 Å². The molecule has 0 aromatic carbocycles. The van der Waals surface area contributed by atoms with Crippen LogP contribution in [0.4, 0.5) is 0 Å². The topological polar surface area (TPSA) is 56.0 Å². The van der Waals surface area contributed by atoms with Crippen molar-refractivity contribution in [3.05, 3.63) is 30.1 Å². The molecule has 1 aromatic rings. The predicted molar refractivity (Wildman–Crippen MR) is 55.8 cm³/mol. The number of pyridine rings is 1. The Morgan fingerprint density at radius 3 is 2.79 bits per heavy atom. The molecular weight excluding hydrogens is 176 g/mol. The monoisotopic (exact) mass is 192 g/mol. The van der Waals surface area contributed by atoms with Gasteiger partial charge in [-0.05, 0) is 18.1 Å². The fourth-order valence-corrected chi connectivity index (χ4v) is 1.30. The van der Waals surface area contributed by atoms with Crippen molar-refractivity contribution in [3.63, 3.8) is 0 Å². The summed E-state index contributed by atoms with van der Waals surface area (Å²) in [5.41, 5.74) is 6.78. The molecule has 1 heterocycles. The zero-order valence-corrected chi connectivity index (χ0v) is 8.60. The van der Waals surface area contributed by atoms with E-state index in [1.165, 1.54) is 0 Å². The molecule has 1 aromatic heterocycles. The van der Waals surface area contributed by atoms with Crippen molar-refractivity contribution in [1.82, 2.24) is 4.98 Å². The first kappa shape index (κ1) is 10.9. The SMILES string of the molecule is CC(C)C(=O)[C@@H](N)Cc1cccnc1. The quantitative estimate of drug-likeness (QED) is 0.779. The van der Waals surface area contributed by atoms with Gasteiger partial charge in [0.2, 0.25) is 0 Å². The molecule has 0 fully saturated rings. The normalized spacial score (nSPS) is 12.9. The summed E-state index contributed by atoms with van der Waals surface area (Å²) in [4.78, 5) is 15.5. The van der Waals surface area contributed by atoms with Gasteiger partial charge >= 0.3 is 0 Å². The molecule has 3 heteroatoms. The van der Waals surface area contributed by atoms with Gasteiger partial charge in [0.05, 0.1) is 6.04 Å². The van der Waals surface area contributed by atoms with Crippen molar-refractivity contribution in [2.24, 2.45) is 11.7 Å². The average Bonchev–Trinajstić information content (AvgIpc) is 2.18. The minimum absolute atomic E-state index is 0.00155. The Bertz CT molecular complexity index is 295. The summed E-state index contributed by atoms with van der Waals surface area (Å²) in [6.07, 6.45) is 4.03. The van der Waals surface area contributed by atoms with Crippen LogP contribution in [0.2, 0.25) is 0 Å². The van der Waals surface area contributed by atoms with Gasteiger partial charge in [-0.2, -0.15) is 0 Å². The van der Waals surface area contributed by atoms with Gasteiger partial charge in [0, 0.05) is 18.3 Å². The van der Waals surface area contributed by atoms with Crippen LogP contribution in [0.3, 0.4) is 0 Å².